The number of carbonyl (C=O) groups excluding carboxylic acids is 3. The third kappa shape index (κ3) is 5.64. The summed E-state index contributed by atoms with van der Waals surface area (Å²) in [6.07, 6.45) is -10.2. The Balaban J connectivity index is 1.69. The normalized spacial score (nSPS) is 37.6. The molecular weight excluding hydrogens is 520 g/mol. The van der Waals surface area contributed by atoms with Crippen LogP contribution < -0.4 is 0 Å². The molecule has 1 saturated carbocycles. The number of rotatable bonds is 7. The summed E-state index contributed by atoms with van der Waals surface area (Å²) < 4.78 is 33.4. The number of ether oxygens (including phenoxy) is 6. The first-order valence-corrected chi connectivity index (χ1v) is 12.4. The Kier molecular flexibility index (Phi) is 8.89. The molecule has 1 saturated heterocycles. The fourth-order valence-corrected chi connectivity index (χ4v) is 5.39. The lowest BCUT2D eigenvalue weighted by Gasteiger charge is -2.43. The van der Waals surface area contributed by atoms with E-state index in [0.717, 1.165) is 6.26 Å². The first-order chi connectivity index (χ1) is 18.6. The molecule has 1 aromatic rings. The SMILES string of the molecule is COC(=O)C1=CO[C@H](O[C@@H]2O[C@@H](CO)[C@@H](O)[C@@H](O)[C@H]2O)[C@H]2[C@H](C)[C@@H](OC(C)=O)[C@@H](OC(=O)c3ccccc3)[C@@H]12. The highest BCUT2D eigenvalue weighted by Crippen LogP contribution is 2.50. The molecule has 0 bridgehead atoms. The average molecular weight is 553 g/mol. The molecule has 13 heteroatoms. The number of hydrogen-bond acceptors (Lipinski definition) is 13. The minimum atomic E-state index is -1.72. The van der Waals surface area contributed by atoms with Gasteiger partial charge in [-0.3, -0.25) is 4.79 Å². The van der Waals surface area contributed by atoms with Gasteiger partial charge in [-0.2, -0.15) is 0 Å². The summed E-state index contributed by atoms with van der Waals surface area (Å²) in [5, 5.41) is 40.3. The van der Waals surface area contributed by atoms with Crippen LogP contribution in [0.3, 0.4) is 0 Å². The standard InChI is InChI=1S/C26H32O13/c1-11-16-17(22(21(11)36-12(2)28)38-23(32)13-7-5-4-6-8-13)14(24(33)34-3)10-35-25(16)39-26-20(31)19(30)18(29)15(9-27)37-26/h4-8,10-11,15-22,25-27,29-31H,9H2,1-3H3/t11-,15-,16-,17-,18+,19+,20+,21+,22-,25+,26-/m0/s1. The largest absolute Gasteiger partial charge is 0.472 e. The van der Waals surface area contributed by atoms with Gasteiger partial charge in [-0.1, -0.05) is 25.1 Å². The predicted octanol–water partition coefficient (Wildman–Crippen LogP) is -0.744. The molecule has 1 aromatic carbocycles. The topological polar surface area (TPSA) is 188 Å². The van der Waals surface area contributed by atoms with E-state index in [1.807, 2.05) is 0 Å². The van der Waals surface area contributed by atoms with Gasteiger partial charge in [-0.05, 0) is 12.1 Å². The summed E-state index contributed by atoms with van der Waals surface area (Å²) in [7, 11) is 1.17. The van der Waals surface area contributed by atoms with E-state index in [9.17, 15) is 34.8 Å². The van der Waals surface area contributed by atoms with Gasteiger partial charge < -0.3 is 48.8 Å². The number of fused-ring (bicyclic) bond motifs is 1. The van der Waals surface area contributed by atoms with Crippen LogP contribution in [0.1, 0.15) is 24.2 Å². The fraction of sp³-hybridized carbons (Fsp3) is 0.577. The van der Waals surface area contributed by atoms with Crippen LogP contribution in [0.15, 0.2) is 42.2 Å². The molecule has 3 aliphatic rings. The van der Waals surface area contributed by atoms with Crippen molar-refractivity contribution in [1.82, 2.24) is 0 Å². The van der Waals surface area contributed by atoms with Gasteiger partial charge in [0.1, 0.15) is 36.6 Å². The molecule has 0 unspecified atom stereocenters. The maximum atomic E-state index is 13.0. The molecule has 11 atom stereocenters. The van der Waals surface area contributed by atoms with Crippen molar-refractivity contribution in [3.63, 3.8) is 0 Å². The predicted molar refractivity (Wildman–Crippen MR) is 127 cm³/mol. The smallest absolute Gasteiger partial charge is 0.338 e. The lowest BCUT2D eigenvalue weighted by Crippen LogP contribution is -2.60. The van der Waals surface area contributed by atoms with Gasteiger partial charge in [0.2, 0.25) is 6.29 Å². The van der Waals surface area contributed by atoms with Crippen LogP contribution in [0.4, 0.5) is 0 Å². The van der Waals surface area contributed by atoms with E-state index in [1.54, 1.807) is 37.3 Å². The highest BCUT2D eigenvalue weighted by Gasteiger charge is 2.61. The molecular formula is C26H32O13. The van der Waals surface area contributed by atoms with Gasteiger partial charge >= 0.3 is 17.9 Å². The van der Waals surface area contributed by atoms with Crippen LogP contribution in [0.25, 0.3) is 0 Å². The lowest BCUT2D eigenvalue weighted by atomic mass is 9.82. The molecule has 13 nitrogen and oxygen atoms in total. The quantitative estimate of drug-likeness (QED) is 0.245. The van der Waals surface area contributed by atoms with Crippen molar-refractivity contribution in [2.45, 2.75) is 63.1 Å². The molecule has 4 N–H and O–H groups in total. The van der Waals surface area contributed by atoms with Crippen LogP contribution in [-0.2, 0) is 38.0 Å². The number of aliphatic hydroxyl groups excluding tert-OH is 4. The van der Waals surface area contributed by atoms with E-state index in [0.29, 0.717) is 0 Å². The van der Waals surface area contributed by atoms with Gasteiger partial charge in [0.25, 0.3) is 0 Å². The monoisotopic (exact) mass is 552 g/mol. The maximum Gasteiger partial charge on any atom is 0.338 e. The Morgan fingerprint density at radius 2 is 1.62 bits per heavy atom. The van der Waals surface area contributed by atoms with Gasteiger partial charge in [0.05, 0.1) is 31.1 Å². The second kappa shape index (κ2) is 12.0. The van der Waals surface area contributed by atoms with E-state index in [1.165, 1.54) is 14.0 Å². The molecule has 1 aliphatic carbocycles. The first kappa shape index (κ1) is 28.9. The number of esters is 3. The maximum absolute atomic E-state index is 13.0. The zero-order valence-corrected chi connectivity index (χ0v) is 21.5. The molecule has 2 fully saturated rings. The van der Waals surface area contributed by atoms with Crippen LogP contribution in [0.5, 0.6) is 0 Å². The Morgan fingerprint density at radius 3 is 2.23 bits per heavy atom. The highest BCUT2D eigenvalue weighted by atomic mass is 16.8. The average Bonchev–Trinajstić information content (AvgIpc) is 3.19. The van der Waals surface area contributed by atoms with Crippen molar-refractivity contribution in [2.24, 2.45) is 17.8 Å². The Bertz CT molecular complexity index is 1070. The van der Waals surface area contributed by atoms with Crippen LogP contribution in [-0.4, -0.2) is 101 Å². The third-order valence-corrected chi connectivity index (χ3v) is 7.31. The van der Waals surface area contributed by atoms with Gasteiger partial charge in [0.15, 0.2) is 6.29 Å². The molecule has 214 valence electrons. The fourth-order valence-electron chi connectivity index (χ4n) is 5.39. The highest BCUT2D eigenvalue weighted by molar-refractivity contribution is 5.91. The minimum Gasteiger partial charge on any atom is -0.472 e. The van der Waals surface area contributed by atoms with Crippen LogP contribution >= 0.6 is 0 Å². The lowest BCUT2D eigenvalue weighted by molar-refractivity contribution is -0.343. The first-order valence-electron chi connectivity index (χ1n) is 12.4. The summed E-state index contributed by atoms with van der Waals surface area (Å²) in [4.78, 5) is 37.8. The summed E-state index contributed by atoms with van der Waals surface area (Å²) in [6, 6.07) is 8.12. The van der Waals surface area contributed by atoms with E-state index in [-0.39, 0.29) is 11.1 Å². The molecule has 2 aliphatic heterocycles. The molecule has 0 aromatic heterocycles. The van der Waals surface area contributed by atoms with Crippen molar-refractivity contribution in [2.75, 3.05) is 13.7 Å². The summed E-state index contributed by atoms with van der Waals surface area (Å²) in [5.74, 6) is -4.51. The Morgan fingerprint density at radius 1 is 0.923 bits per heavy atom. The summed E-state index contributed by atoms with van der Waals surface area (Å²) in [6.45, 7) is 2.21. The Hall–Kier alpha value is -3.07. The zero-order chi connectivity index (χ0) is 28.4. The second-order valence-corrected chi connectivity index (χ2v) is 9.67. The minimum absolute atomic E-state index is 0.00326. The molecule has 0 radical (unpaired) electrons. The Labute approximate surface area is 223 Å². The molecule has 4 rings (SSSR count). The van der Waals surface area contributed by atoms with Gasteiger partial charge in [-0.15, -0.1) is 0 Å². The number of hydrogen-bond donors (Lipinski definition) is 4. The van der Waals surface area contributed by atoms with E-state index in [2.05, 4.69) is 0 Å². The number of methoxy groups -OCH3 is 1. The van der Waals surface area contributed by atoms with Crippen molar-refractivity contribution in [1.29, 1.82) is 0 Å². The number of carbonyl (C=O) groups is 3. The van der Waals surface area contributed by atoms with Crippen LogP contribution in [0, 0.1) is 17.8 Å². The molecule has 0 spiro atoms. The van der Waals surface area contributed by atoms with E-state index < -0.39 is 91.5 Å². The van der Waals surface area contributed by atoms with Crippen molar-refractivity contribution >= 4 is 17.9 Å². The second-order valence-electron chi connectivity index (χ2n) is 9.67. The van der Waals surface area contributed by atoms with E-state index >= 15 is 0 Å². The number of aliphatic hydroxyl groups is 4. The van der Waals surface area contributed by atoms with Crippen molar-refractivity contribution in [3.8, 4) is 0 Å². The van der Waals surface area contributed by atoms with Crippen molar-refractivity contribution < 1.29 is 63.2 Å². The van der Waals surface area contributed by atoms with E-state index in [4.69, 9.17) is 28.4 Å². The molecule has 2 heterocycles. The number of benzene rings is 1. The van der Waals surface area contributed by atoms with Crippen LogP contribution in [0.2, 0.25) is 0 Å². The molecule has 0 amide bonds. The summed E-state index contributed by atoms with van der Waals surface area (Å²) >= 11 is 0. The molecule has 39 heavy (non-hydrogen) atoms. The van der Waals surface area contributed by atoms with Gasteiger partial charge in [-0.25, -0.2) is 9.59 Å². The summed E-state index contributed by atoms with van der Waals surface area (Å²) in [5.41, 5.74) is 0.239. The van der Waals surface area contributed by atoms with Gasteiger partial charge in [0, 0.05) is 24.7 Å². The third-order valence-electron chi connectivity index (χ3n) is 7.31. The van der Waals surface area contributed by atoms with Crippen molar-refractivity contribution in [3.05, 3.63) is 47.7 Å². The zero-order valence-electron chi connectivity index (χ0n) is 21.5.